The minimum absolute atomic E-state index is 0.00762. The van der Waals surface area contributed by atoms with Crippen molar-refractivity contribution in [3.05, 3.63) is 75.2 Å². The number of thiophene rings is 1. The molecular weight excluding hydrogens is 432 g/mol. The lowest BCUT2D eigenvalue weighted by atomic mass is 10.1. The number of aryl methyl sites for hydroxylation is 2. The number of amides is 2. The molecule has 0 spiro atoms. The number of thioether (sulfide) groups is 1. The summed E-state index contributed by atoms with van der Waals surface area (Å²) < 4.78 is 0. The first-order chi connectivity index (χ1) is 14.9. The van der Waals surface area contributed by atoms with E-state index in [-0.39, 0.29) is 18.6 Å². The van der Waals surface area contributed by atoms with E-state index >= 15 is 0 Å². The second-order valence-corrected chi connectivity index (χ2v) is 8.71. The van der Waals surface area contributed by atoms with Gasteiger partial charge in [0.15, 0.2) is 10.9 Å². The molecular formula is C22H22N4O3S2. The summed E-state index contributed by atoms with van der Waals surface area (Å²) in [5.41, 5.74) is 8.03. The van der Waals surface area contributed by atoms with Crippen molar-refractivity contribution in [2.75, 3.05) is 0 Å². The molecule has 0 saturated heterocycles. The summed E-state index contributed by atoms with van der Waals surface area (Å²) in [6.45, 7) is 3.87. The smallest absolute Gasteiger partial charge is 0.269 e. The molecule has 2 N–H and O–H groups in total. The van der Waals surface area contributed by atoms with Crippen LogP contribution in [0.5, 0.6) is 0 Å². The van der Waals surface area contributed by atoms with Crippen LogP contribution in [-0.4, -0.2) is 27.6 Å². The molecule has 0 atom stereocenters. The molecule has 0 radical (unpaired) electrons. The number of nitrogens with zero attached hydrogens (tertiary/aromatic N) is 2. The van der Waals surface area contributed by atoms with Crippen molar-refractivity contribution < 1.29 is 14.4 Å². The number of hydrogen-bond acceptors (Lipinski definition) is 7. The maximum atomic E-state index is 12.2. The SMILES string of the molecule is Cc1cc(C)nc(SCc2ccc(C(=O)NNC(=O)CCC(=O)c3cccs3)cc2)n1. The van der Waals surface area contributed by atoms with E-state index in [0.29, 0.717) is 16.2 Å². The highest BCUT2D eigenvalue weighted by molar-refractivity contribution is 7.98. The molecule has 9 heteroatoms. The quantitative estimate of drug-likeness (QED) is 0.232. The minimum Gasteiger partial charge on any atom is -0.293 e. The molecule has 0 bridgehead atoms. The van der Waals surface area contributed by atoms with Gasteiger partial charge in [0.2, 0.25) is 5.91 Å². The lowest BCUT2D eigenvalue weighted by Crippen LogP contribution is -2.41. The van der Waals surface area contributed by atoms with Gasteiger partial charge in [-0.2, -0.15) is 0 Å². The Balaban J connectivity index is 1.43. The zero-order chi connectivity index (χ0) is 22.2. The summed E-state index contributed by atoms with van der Waals surface area (Å²) >= 11 is 2.87. The van der Waals surface area contributed by atoms with Crippen molar-refractivity contribution in [2.24, 2.45) is 0 Å². The molecule has 2 heterocycles. The molecule has 2 amide bonds. The van der Waals surface area contributed by atoms with Gasteiger partial charge in [-0.05, 0) is 49.1 Å². The largest absolute Gasteiger partial charge is 0.293 e. The van der Waals surface area contributed by atoms with Crippen LogP contribution >= 0.6 is 23.1 Å². The summed E-state index contributed by atoms with van der Waals surface area (Å²) in [6, 6.07) is 12.5. The fourth-order valence-electron chi connectivity index (χ4n) is 2.71. The third-order valence-electron chi connectivity index (χ3n) is 4.24. The third kappa shape index (κ3) is 7.01. The highest BCUT2D eigenvalue weighted by Gasteiger charge is 2.12. The molecule has 0 aliphatic rings. The van der Waals surface area contributed by atoms with Crippen LogP contribution in [0.1, 0.15) is 49.8 Å². The highest BCUT2D eigenvalue weighted by Crippen LogP contribution is 2.20. The van der Waals surface area contributed by atoms with E-state index < -0.39 is 11.8 Å². The first-order valence-electron chi connectivity index (χ1n) is 9.60. The molecule has 0 saturated carbocycles. The van der Waals surface area contributed by atoms with Crippen LogP contribution in [-0.2, 0) is 10.5 Å². The van der Waals surface area contributed by atoms with E-state index in [1.807, 2.05) is 37.4 Å². The number of nitrogens with one attached hydrogen (secondary N) is 2. The minimum atomic E-state index is -0.422. The molecule has 0 aliphatic heterocycles. The lowest BCUT2D eigenvalue weighted by Gasteiger charge is -2.08. The second-order valence-electron chi connectivity index (χ2n) is 6.82. The van der Waals surface area contributed by atoms with Crippen molar-refractivity contribution in [1.29, 1.82) is 0 Å². The van der Waals surface area contributed by atoms with Crippen LogP contribution in [0.15, 0.2) is 53.0 Å². The van der Waals surface area contributed by atoms with Crippen LogP contribution in [0.25, 0.3) is 0 Å². The van der Waals surface area contributed by atoms with Gasteiger partial charge in [-0.3, -0.25) is 25.2 Å². The summed E-state index contributed by atoms with van der Waals surface area (Å²) in [5.74, 6) is -0.245. The predicted molar refractivity (Wildman–Crippen MR) is 121 cm³/mol. The molecule has 2 aromatic heterocycles. The van der Waals surface area contributed by atoms with E-state index in [9.17, 15) is 14.4 Å². The summed E-state index contributed by atoms with van der Waals surface area (Å²) in [4.78, 5) is 45.5. The fourth-order valence-corrected chi connectivity index (χ4v) is 4.31. The van der Waals surface area contributed by atoms with E-state index in [1.54, 1.807) is 24.3 Å². The molecule has 31 heavy (non-hydrogen) atoms. The van der Waals surface area contributed by atoms with Crippen LogP contribution in [0, 0.1) is 13.8 Å². The van der Waals surface area contributed by atoms with E-state index in [0.717, 1.165) is 22.1 Å². The Morgan fingerprint density at radius 2 is 1.68 bits per heavy atom. The number of Topliss-reactive ketones (excluding diaryl/α,β-unsaturated/α-hetero) is 1. The molecule has 0 unspecified atom stereocenters. The monoisotopic (exact) mass is 454 g/mol. The molecule has 1 aromatic carbocycles. The van der Waals surface area contributed by atoms with Crippen molar-refractivity contribution >= 4 is 40.7 Å². The average Bonchev–Trinajstić information content (AvgIpc) is 3.29. The Labute approximate surface area is 188 Å². The van der Waals surface area contributed by atoms with Crippen LogP contribution < -0.4 is 10.9 Å². The van der Waals surface area contributed by atoms with Gasteiger partial charge < -0.3 is 0 Å². The Bertz CT molecular complexity index is 1050. The Morgan fingerprint density at radius 3 is 2.32 bits per heavy atom. The molecule has 0 fully saturated rings. The van der Waals surface area contributed by atoms with Crippen molar-refractivity contribution in [3.63, 3.8) is 0 Å². The highest BCUT2D eigenvalue weighted by atomic mass is 32.2. The zero-order valence-electron chi connectivity index (χ0n) is 17.2. The number of carbonyl (C=O) groups is 3. The topological polar surface area (TPSA) is 101 Å². The molecule has 3 aromatic rings. The number of carbonyl (C=O) groups excluding carboxylic acids is 3. The molecule has 0 aliphatic carbocycles. The van der Waals surface area contributed by atoms with E-state index in [2.05, 4.69) is 20.8 Å². The van der Waals surface area contributed by atoms with Gasteiger partial charge in [0.1, 0.15) is 0 Å². The number of ketones is 1. The van der Waals surface area contributed by atoms with Gasteiger partial charge in [0, 0.05) is 35.5 Å². The third-order valence-corrected chi connectivity index (χ3v) is 6.07. The fraction of sp³-hybridized carbons (Fsp3) is 0.227. The molecule has 3 rings (SSSR count). The van der Waals surface area contributed by atoms with E-state index in [1.165, 1.54) is 23.1 Å². The maximum absolute atomic E-state index is 12.2. The second kappa shape index (κ2) is 10.8. The lowest BCUT2D eigenvalue weighted by molar-refractivity contribution is -0.121. The van der Waals surface area contributed by atoms with Crippen molar-refractivity contribution in [2.45, 2.75) is 37.6 Å². The Kier molecular flexibility index (Phi) is 7.91. The number of benzene rings is 1. The Morgan fingerprint density at radius 1 is 0.968 bits per heavy atom. The summed E-state index contributed by atoms with van der Waals surface area (Å²) in [7, 11) is 0. The summed E-state index contributed by atoms with van der Waals surface area (Å²) in [5, 5.41) is 2.54. The molecule has 7 nitrogen and oxygen atoms in total. The zero-order valence-corrected chi connectivity index (χ0v) is 18.8. The number of rotatable bonds is 8. The number of hydrogen-bond donors (Lipinski definition) is 2. The van der Waals surface area contributed by atoms with Gasteiger partial charge >= 0.3 is 0 Å². The number of hydrazine groups is 1. The van der Waals surface area contributed by atoms with Crippen LogP contribution in [0.3, 0.4) is 0 Å². The van der Waals surface area contributed by atoms with Crippen LogP contribution in [0.2, 0.25) is 0 Å². The van der Waals surface area contributed by atoms with Gasteiger partial charge in [-0.1, -0.05) is 30.0 Å². The average molecular weight is 455 g/mol. The van der Waals surface area contributed by atoms with Gasteiger partial charge in [-0.15, -0.1) is 11.3 Å². The van der Waals surface area contributed by atoms with Gasteiger partial charge in [0.25, 0.3) is 5.91 Å². The normalized spacial score (nSPS) is 10.5. The maximum Gasteiger partial charge on any atom is 0.269 e. The van der Waals surface area contributed by atoms with E-state index in [4.69, 9.17) is 0 Å². The predicted octanol–water partition coefficient (Wildman–Crippen LogP) is 3.87. The Hall–Kier alpha value is -3.04. The number of aromatic nitrogens is 2. The molecule has 160 valence electrons. The van der Waals surface area contributed by atoms with Crippen molar-refractivity contribution in [1.82, 2.24) is 20.8 Å². The summed E-state index contributed by atoms with van der Waals surface area (Å²) in [6.07, 6.45) is 0.104. The van der Waals surface area contributed by atoms with Crippen molar-refractivity contribution in [3.8, 4) is 0 Å². The first kappa shape index (κ1) is 22.6. The van der Waals surface area contributed by atoms with Crippen LogP contribution in [0.4, 0.5) is 0 Å². The van der Waals surface area contributed by atoms with Gasteiger partial charge in [0.05, 0.1) is 4.88 Å². The van der Waals surface area contributed by atoms with Gasteiger partial charge in [-0.25, -0.2) is 9.97 Å². The standard InChI is InChI=1S/C22H22N4O3S2/c1-14-12-15(2)24-22(23-14)31-13-16-5-7-17(8-6-16)21(29)26-25-20(28)10-9-18(27)19-4-3-11-30-19/h3-8,11-12H,9-10,13H2,1-2H3,(H,25,28)(H,26,29). The first-order valence-corrected chi connectivity index (χ1v) is 11.5.